The summed E-state index contributed by atoms with van der Waals surface area (Å²) in [5.41, 5.74) is -0.0971. The molecule has 0 aromatic rings. The Hall–Kier alpha value is 0.270. The maximum absolute atomic E-state index is 9.42. The summed E-state index contributed by atoms with van der Waals surface area (Å²) in [6.07, 6.45) is 5.51. The van der Waals surface area contributed by atoms with Gasteiger partial charge in [0.1, 0.15) is 0 Å². The Bertz CT molecular complexity index is 200. The maximum atomic E-state index is 9.42. The van der Waals surface area contributed by atoms with Crippen molar-refractivity contribution in [1.82, 2.24) is 5.32 Å². The van der Waals surface area contributed by atoms with Crippen LogP contribution in [0, 0.1) is 5.92 Å². The first-order valence-electron chi connectivity index (χ1n) is 6.57. The summed E-state index contributed by atoms with van der Waals surface area (Å²) >= 11 is 2.05. The average molecular weight is 245 g/mol. The van der Waals surface area contributed by atoms with E-state index in [2.05, 4.69) is 37.8 Å². The van der Waals surface area contributed by atoms with Crippen molar-refractivity contribution < 1.29 is 5.11 Å². The van der Waals surface area contributed by atoms with Crippen LogP contribution in [0.3, 0.4) is 0 Å². The minimum absolute atomic E-state index is 0.0971. The average Bonchev–Trinajstić information content (AvgIpc) is 2.27. The number of aliphatic hydroxyl groups is 1. The minimum atomic E-state index is -0.0971. The zero-order valence-electron chi connectivity index (χ0n) is 11.0. The van der Waals surface area contributed by atoms with Crippen molar-refractivity contribution in [3.63, 3.8) is 0 Å². The van der Waals surface area contributed by atoms with E-state index in [1.807, 2.05) is 0 Å². The third kappa shape index (κ3) is 4.64. The molecule has 0 radical (unpaired) electrons. The Morgan fingerprint density at radius 2 is 2.19 bits per heavy atom. The summed E-state index contributed by atoms with van der Waals surface area (Å²) in [6, 6.07) is 0. The first kappa shape index (κ1) is 14.3. The standard InChI is InChI=1S/C13H27NOS/c1-4-14-13(3,9-15)10-16-12-7-5-6-11(2)8-12/h11-12,14-15H,4-10H2,1-3H3. The molecule has 0 aliphatic heterocycles. The van der Waals surface area contributed by atoms with E-state index in [-0.39, 0.29) is 12.1 Å². The van der Waals surface area contributed by atoms with Crippen LogP contribution in [0.1, 0.15) is 46.5 Å². The van der Waals surface area contributed by atoms with Crippen LogP contribution in [0.15, 0.2) is 0 Å². The van der Waals surface area contributed by atoms with Gasteiger partial charge in [-0.05, 0) is 32.2 Å². The highest BCUT2D eigenvalue weighted by Gasteiger charge is 2.26. The van der Waals surface area contributed by atoms with E-state index in [0.29, 0.717) is 0 Å². The molecule has 0 bridgehead atoms. The summed E-state index contributed by atoms with van der Waals surface area (Å²) in [5, 5.41) is 13.6. The van der Waals surface area contributed by atoms with Crippen molar-refractivity contribution >= 4 is 11.8 Å². The van der Waals surface area contributed by atoms with Crippen LogP contribution in [0.5, 0.6) is 0 Å². The van der Waals surface area contributed by atoms with Crippen LogP contribution in [-0.4, -0.2) is 34.8 Å². The highest BCUT2D eigenvalue weighted by atomic mass is 32.2. The van der Waals surface area contributed by atoms with Crippen LogP contribution in [0.4, 0.5) is 0 Å². The van der Waals surface area contributed by atoms with E-state index in [9.17, 15) is 5.11 Å². The molecule has 1 saturated carbocycles. The SMILES string of the molecule is CCNC(C)(CO)CSC1CCCC(C)C1. The lowest BCUT2D eigenvalue weighted by molar-refractivity contribution is 0.194. The molecule has 1 rings (SSSR count). The van der Waals surface area contributed by atoms with Gasteiger partial charge in [0.15, 0.2) is 0 Å². The van der Waals surface area contributed by atoms with Gasteiger partial charge in [0.05, 0.1) is 6.61 Å². The fraction of sp³-hybridized carbons (Fsp3) is 1.00. The van der Waals surface area contributed by atoms with Crippen molar-refractivity contribution in [3.8, 4) is 0 Å². The number of nitrogens with one attached hydrogen (secondary N) is 1. The summed E-state index contributed by atoms with van der Waals surface area (Å²) in [4.78, 5) is 0. The number of thioether (sulfide) groups is 1. The van der Waals surface area contributed by atoms with E-state index in [4.69, 9.17) is 0 Å². The van der Waals surface area contributed by atoms with Gasteiger partial charge < -0.3 is 10.4 Å². The van der Waals surface area contributed by atoms with E-state index in [0.717, 1.165) is 23.5 Å². The lowest BCUT2D eigenvalue weighted by Gasteiger charge is -2.32. The van der Waals surface area contributed by atoms with Gasteiger partial charge >= 0.3 is 0 Å². The van der Waals surface area contributed by atoms with E-state index < -0.39 is 0 Å². The fourth-order valence-corrected chi connectivity index (χ4v) is 4.01. The highest BCUT2D eigenvalue weighted by Crippen LogP contribution is 2.33. The zero-order chi connectivity index (χ0) is 12.0. The quantitative estimate of drug-likeness (QED) is 0.754. The molecule has 1 aliphatic carbocycles. The second-order valence-corrected chi connectivity index (χ2v) is 6.74. The van der Waals surface area contributed by atoms with Crippen LogP contribution >= 0.6 is 11.8 Å². The van der Waals surface area contributed by atoms with Gasteiger partial charge in [-0.15, -0.1) is 0 Å². The van der Waals surface area contributed by atoms with Gasteiger partial charge in [-0.1, -0.05) is 26.7 Å². The molecule has 1 aliphatic rings. The Morgan fingerprint density at radius 3 is 2.75 bits per heavy atom. The van der Waals surface area contributed by atoms with Crippen molar-refractivity contribution in [2.75, 3.05) is 18.9 Å². The summed E-state index contributed by atoms with van der Waals surface area (Å²) in [6.45, 7) is 7.74. The second-order valence-electron chi connectivity index (χ2n) is 5.45. The minimum Gasteiger partial charge on any atom is -0.394 e. The van der Waals surface area contributed by atoms with E-state index >= 15 is 0 Å². The number of hydrogen-bond acceptors (Lipinski definition) is 3. The number of rotatable bonds is 6. The predicted octanol–water partition coefficient (Wildman–Crippen LogP) is 2.66. The molecule has 3 heteroatoms. The van der Waals surface area contributed by atoms with Gasteiger partial charge in [-0.3, -0.25) is 0 Å². The normalized spacial score (nSPS) is 30.0. The van der Waals surface area contributed by atoms with Crippen molar-refractivity contribution in [2.45, 2.75) is 57.2 Å². The lowest BCUT2D eigenvalue weighted by Crippen LogP contribution is -2.48. The summed E-state index contributed by atoms with van der Waals surface area (Å²) in [7, 11) is 0. The molecule has 3 atom stereocenters. The molecule has 0 saturated heterocycles. The van der Waals surface area contributed by atoms with Crippen LogP contribution in [-0.2, 0) is 0 Å². The predicted molar refractivity (Wildman–Crippen MR) is 73.0 cm³/mol. The maximum Gasteiger partial charge on any atom is 0.0618 e. The Kier molecular flexibility index (Phi) is 6.16. The highest BCUT2D eigenvalue weighted by molar-refractivity contribution is 8.00. The molecule has 2 nitrogen and oxygen atoms in total. The lowest BCUT2D eigenvalue weighted by atomic mass is 9.91. The van der Waals surface area contributed by atoms with Crippen molar-refractivity contribution in [1.29, 1.82) is 0 Å². The number of likely N-dealkylation sites (N-methyl/N-ethyl adjacent to an activating group) is 1. The molecule has 96 valence electrons. The molecule has 0 aromatic carbocycles. The first-order valence-corrected chi connectivity index (χ1v) is 7.62. The summed E-state index contributed by atoms with van der Waals surface area (Å²) in [5.74, 6) is 1.92. The topological polar surface area (TPSA) is 32.3 Å². The monoisotopic (exact) mass is 245 g/mol. The van der Waals surface area contributed by atoms with Gasteiger partial charge in [-0.2, -0.15) is 11.8 Å². The fourth-order valence-electron chi connectivity index (χ4n) is 2.41. The van der Waals surface area contributed by atoms with Gasteiger partial charge in [0, 0.05) is 16.5 Å². The van der Waals surface area contributed by atoms with Crippen LogP contribution < -0.4 is 5.32 Å². The summed E-state index contributed by atoms with van der Waals surface area (Å²) < 4.78 is 0. The molecule has 0 spiro atoms. The van der Waals surface area contributed by atoms with E-state index in [1.54, 1.807) is 0 Å². The van der Waals surface area contributed by atoms with Gasteiger partial charge in [0.25, 0.3) is 0 Å². The smallest absolute Gasteiger partial charge is 0.0618 e. The van der Waals surface area contributed by atoms with Gasteiger partial charge in [-0.25, -0.2) is 0 Å². The molecule has 2 N–H and O–H groups in total. The molecule has 0 aromatic heterocycles. The molecule has 0 heterocycles. The largest absolute Gasteiger partial charge is 0.394 e. The third-order valence-electron chi connectivity index (χ3n) is 3.48. The molecule has 0 amide bonds. The number of hydrogen-bond donors (Lipinski definition) is 2. The molecule has 3 unspecified atom stereocenters. The molecular weight excluding hydrogens is 218 g/mol. The zero-order valence-corrected chi connectivity index (χ0v) is 11.8. The number of aliphatic hydroxyl groups excluding tert-OH is 1. The third-order valence-corrected chi connectivity index (χ3v) is 5.18. The van der Waals surface area contributed by atoms with Crippen LogP contribution in [0.2, 0.25) is 0 Å². The van der Waals surface area contributed by atoms with Gasteiger partial charge in [0.2, 0.25) is 0 Å². The Morgan fingerprint density at radius 1 is 1.44 bits per heavy atom. The van der Waals surface area contributed by atoms with Crippen LogP contribution in [0.25, 0.3) is 0 Å². The van der Waals surface area contributed by atoms with Crippen molar-refractivity contribution in [3.05, 3.63) is 0 Å². The second kappa shape index (κ2) is 6.87. The van der Waals surface area contributed by atoms with E-state index in [1.165, 1.54) is 25.7 Å². The first-order chi connectivity index (χ1) is 7.59. The van der Waals surface area contributed by atoms with Crippen molar-refractivity contribution in [2.24, 2.45) is 5.92 Å². The Balaban J connectivity index is 2.31. The molecular formula is C13H27NOS. The molecule has 1 fully saturated rings. The Labute approximate surface area is 105 Å². The molecule has 16 heavy (non-hydrogen) atoms.